The molecule has 3 amide bonds. The first-order valence-electron chi connectivity index (χ1n) is 9.13. The molecule has 1 fully saturated rings. The SMILES string of the molecule is Cc1ccc(C(=O)N2CCCC(C(=O)NNC(=O)c3cc(Br)cn3C)C2)cc1. The Morgan fingerprint density at radius 2 is 1.86 bits per heavy atom. The van der Waals surface area contributed by atoms with Crippen LogP contribution in [-0.4, -0.2) is 40.3 Å². The smallest absolute Gasteiger partial charge is 0.286 e. The van der Waals surface area contributed by atoms with Crippen LogP contribution in [0.3, 0.4) is 0 Å². The zero-order valence-corrected chi connectivity index (χ0v) is 17.5. The maximum atomic E-state index is 12.7. The molecule has 7 nitrogen and oxygen atoms in total. The van der Waals surface area contributed by atoms with Gasteiger partial charge in [-0.15, -0.1) is 0 Å². The lowest BCUT2D eigenvalue weighted by atomic mass is 9.96. The highest BCUT2D eigenvalue weighted by molar-refractivity contribution is 9.10. The second-order valence-corrected chi connectivity index (χ2v) is 7.97. The van der Waals surface area contributed by atoms with Crippen molar-refractivity contribution in [2.75, 3.05) is 13.1 Å². The molecule has 8 heteroatoms. The minimum absolute atomic E-state index is 0.0739. The maximum absolute atomic E-state index is 12.7. The summed E-state index contributed by atoms with van der Waals surface area (Å²) in [6.07, 6.45) is 3.18. The molecule has 1 aliphatic heterocycles. The fourth-order valence-electron chi connectivity index (χ4n) is 3.29. The molecule has 3 rings (SSSR count). The number of piperidine rings is 1. The van der Waals surface area contributed by atoms with Crippen LogP contribution >= 0.6 is 15.9 Å². The molecule has 28 heavy (non-hydrogen) atoms. The number of hydrazine groups is 1. The standard InChI is InChI=1S/C20H23BrN4O3/c1-13-5-7-14(8-6-13)20(28)25-9-3-4-15(11-25)18(26)22-23-19(27)17-10-16(21)12-24(17)2/h5-8,10,12,15H,3-4,9,11H2,1-2H3,(H,22,26)(H,23,27). The summed E-state index contributed by atoms with van der Waals surface area (Å²) in [4.78, 5) is 39.1. The van der Waals surface area contributed by atoms with E-state index in [9.17, 15) is 14.4 Å². The molecule has 0 saturated carbocycles. The number of aryl methyl sites for hydroxylation is 2. The number of hydrogen-bond acceptors (Lipinski definition) is 3. The first-order chi connectivity index (χ1) is 13.3. The van der Waals surface area contributed by atoms with Gasteiger partial charge in [0.1, 0.15) is 5.69 Å². The van der Waals surface area contributed by atoms with E-state index in [-0.39, 0.29) is 17.7 Å². The summed E-state index contributed by atoms with van der Waals surface area (Å²) in [5.74, 6) is -1.12. The van der Waals surface area contributed by atoms with Gasteiger partial charge in [0.15, 0.2) is 0 Å². The summed E-state index contributed by atoms with van der Waals surface area (Å²) in [6, 6.07) is 9.08. The van der Waals surface area contributed by atoms with E-state index in [4.69, 9.17) is 0 Å². The summed E-state index contributed by atoms with van der Waals surface area (Å²) in [5, 5.41) is 0. The summed E-state index contributed by atoms with van der Waals surface area (Å²) in [6.45, 7) is 2.93. The highest BCUT2D eigenvalue weighted by atomic mass is 79.9. The monoisotopic (exact) mass is 446 g/mol. The number of carbonyl (C=O) groups excluding carboxylic acids is 3. The van der Waals surface area contributed by atoms with Crippen LogP contribution in [0.4, 0.5) is 0 Å². The minimum atomic E-state index is -0.398. The van der Waals surface area contributed by atoms with E-state index in [1.807, 2.05) is 19.1 Å². The third kappa shape index (κ3) is 4.62. The van der Waals surface area contributed by atoms with Gasteiger partial charge in [-0.1, -0.05) is 17.7 Å². The van der Waals surface area contributed by atoms with Crippen LogP contribution in [0.15, 0.2) is 41.0 Å². The Bertz CT molecular complexity index is 891. The Morgan fingerprint density at radius 3 is 2.50 bits per heavy atom. The summed E-state index contributed by atoms with van der Waals surface area (Å²) in [7, 11) is 1.75. The van der Waals surface area contributed by atoms with Crippen molar-refractivity contribution < 1.29 is 14.4 Å². The van der Waals surface area contributed by atoms with Gasteiger partial charge in [0, 0.05) is 36.4 Å². The van der Waals surface area contributed by atoms with E-state index < -0.39 is 5.91 Å². The second kappa shape index (κ2) is 8.60. The van der Waals surface area contributed by atoms with Gasteiger partial charge >= 0.3 is 0 Å². The van der Waals surface area contributed by atoms with Crippen molar-refractivity contribution in [1.82, 2.24) is 20.3 Å². The van der Waals surface area contributed by atoms with Crippen molar-refractivity contribution in [3.05, 3.63) is 57.8 Å². The summed E-state index contributed by atoms with van der Waals surface area (Å²) >= 11 is 3.31. The Morgan fingerprint density at radius 1 is 1.14 bits per heavy atom. The number of benzene rings is 1. The number of hydrogen-bond donors (Lipinski definition) is 2. The number of likely N-dealkylation sites (tertiary alicyclic amines) is 1. The molecule has 2 heterocycles. The van der Waals surface area contributed by atoms with Crippen molar-refractivity contribution >= 4 is 33.7 Å². The summed E-state index contributed by atoms with van der Waals surface area (Å²) < 4.78 is 2.44. The molecule has 0 aliphatic carbocycles. The van der Waals surface area contributed by atoms with Gasteiger partial charge in [0.25, 0.3) is 11.8 Å². The molecule has 0 spiro atoms. The van der Waals surface area contributed by atoms with E-state index in [0.29, 0.717) is 30.8 Å². The predicted molar refractivity (Wildman–Crippen MR) is 109 cm³/mol. The van der Waals surface area contributed by atoms with Crippen molar-refractivity contribution in [2.24, 2.45) is 13.0 Å². The topological polar surface area (TPSA) is 83.4 Å². The van der Waals surface area contributed by atoms with Gasteiger partial charge in [-0.2, -0.15) is 0 Å². The molecule has 1 aromatic carbocycles. The molecule has 148 valence electrons. The van der Waals surface area contributed by atoms with E-state index in [2.05, 4.69) is 26.8 Å². The van der Waals surface area contributed by atoms with Crippen molar-refractivity contribution in [1.29, 1.82) is 0 Å². The lowest BCUT2D eigenvalue weighted by Gasteiger charge is -2.32. The number of nitrogens with one attached hydrogen (secondary N) is 2. The molecular weight excluding hydrogens is 424 g/mol. The first-order valence-corrected chi connectivity index (χ1v) is 9.92. The number of carbonyl (C=O) groups is 3. The zero-order chi connectivity index (χ0) is 20.3. The Balaban J connectivity index is 1.56. The van der Waals surface area contributed by atoms with Crippen LogP contribution in [0, 0.1) is 12.8 Å². The molecular formula is C20H23BrN4O3. The second-order valence-electron chi connectivity index (χ2n) is 7.05. The number of amides is 3. The third-order valence-electron chi connectivity index (χ3n) is 4.88. The molecule has 0 radical (unpaired) electrons. The maximum Gasteiger partial charge on any atom is 0.286 e. The van der Waals surface area contributed by atoms with Gasteiger partial charge in [-0.05, 0) is 53.9 Å². The van der Waals surface area contributed by atoms with E-state index in [1.165, 1.54) is 0 Å². The fraction of sp³-hybridized carbons (Fsp3) is 0.350. The van der Waals surface area contributed by atoms with Gasteiger partial charge in [-0.25, -0.2) is 0 Å². The number of nitrogens with zero attached hydrogens (tertiary/aromatic N) is 2. The lowest BCUT2D eigenvalue weighted by molar-refractivity contribution is -0.127. The molecule has 1 atom stereocenters. The average Bonchev–Trinajstić information content (AvgIpc) is 3.04. The van der Waals surface area contributed by atoms with E-state index in [1.54, 1.807) is 40.9 Å². The summed E-state index contributed by atoms with van der Waals surface area (Å²) in [5.41, 5.74) is 7.07. The van der Waals surface area contributed by atoms with Gasteiger partial charge < -0.3 is 9.47 Å². The molecule has 0 bridgehead atoms. The zero-order valence-electron chi connectivity index (χ0n) is 15.9. The van der Waals surface area contributed by atoms with Crippen LogP contribution in [0.25, 0.3) is 0 Å². The van der Waals surface area contributed by atoms with Crippen LogP contribution in [0.1, 0.15) is 39.3 Å². The molecule has 1 saturated heterocycles. The van der Waals surface area contributed by atoms with Gasteiger partial charge in [0.05, 0.1) is 5.92 Å². The van der Waals surface area contributed by atoms with Crippen LogP contribution < -0.4 is 10.9 Å². The van der Waals surface area contributed by atoms with E-state index >= 15 is 0 Å². The van der Waals surface area contributed by atoms with Crippen LogP contribution in [-0.2, 0) is 11.8 Å². The number of rotatable bonds is 3. The molecule has 1 aromatic heterocycles. The minimum Gasteiger partial charge on any atom is -0.345 e. The lowest BCUT2D eigenvalue weighted by Crippen LogP contribution is -2.50. The van der Waals surface area contributed by atoms with Crippen LogP contribution in [0.5, 0.6) is 0 Å². The van der Waals surface area contributed by atoms with Crippen molar-refractivity contribution in [2.45, 2.75) is 19.8 Å². The normalized spacial score (nSPS) is 16.5. The first kappa shape index (κ1) is 20.1. The largest absolute Gasteiger partial charge is 0.345 e. The predicted octanol–water partition coefficient (Wildman–Crippen LogP) is 2.41. The Kier molecular flexibility index (Phi) is 6.18. The number of aromatic nitrogens is 1. The molecule has 1 aliphatic rings. The fourth-order valence-corrected chi connectivity index (χ4v) is 3.81. The van der Waals surface area contributed by atoms with Crippen molar-refractivity contribution in [3.8, 4) is 0 Å². The van der Waals surface area contributed by atoms with Crippen LogP contribution in [0.2, 0.25) is 0 Å². The Labute approximate surface area is 172 Å². The molecule has 2 aromatic rings. The highest BCUT2D eigenvalue weighted by Gasteiger charge is 2.29. The third-order valence-corrected chi connectivity index (χ3v) is 5.32. The highest BCUT2D eigenvalue weighted by Crippen LogP contribution is 2.19. The Hall–Kier alpha value is -2.61. The van der Waals surface area contributed by atoms with E-state index in [0.717, 1.165) is 16.5 Å². The quantitative estimate of drug-likeness (QED) is 0.709. The average molecular weight is 447 g/mol. The molecule has 1 unspecified atom stereocenters. The molecule has 2 N–H and O–H groups in total. The van der Waals surface area contributed by atoms with Crippen molar-refractivity contribution in [3.63, 3.8) is 0 Å². The van der Waals surface area contributed by atoms with Gasteiger partial charge in [0.2, 0.25) is 5.91 Å². The number of halogens is 1. The van der Waals surface area contributed by atoms with Gasteiger partial charge in [-0.3, -0.25) is 25.2 Å².